The number of ether oxygens (including phenoxy) is 1. The molecule has 0 spiro atoms. The third kappa shape index (κ3) is 3.64. The molecule has 4 nitrogen and oxygen atoms in total. The summed E-state index contributed by atoms with van der Waals surface area (Å²) in [7, 11) is 1.52. The summed E-state index contributed by atoms with van der Waals surface area (Å²) < 4.78 is 4.98. The summed E-state index contributed by atoms with van der Waals surface area (Å²) >= 11 is 12.0. The van der Waals surface area contributed by atoms with Crippen molar-refractivity contribution in [2.24, 2.45) is 0 Å². The molecule has 20 heavy (non-hydrogen) atoms. The number of nitrogens with one attached hydrogen (secondary N) is 1. The lowest BCUT2D eigenvalue weighted by molar-refractivity contribution is -0.122. The number of anilines is 1. The standard InChI is InChI=1S/C14H18Cl2N2O2/c1-20-9-14(19)18(10-4-6-17-7-5-10)11-2-3-12(15)13(16)8-11/h2-3,8,10,17H,4-7,9H2,1H3. The Hall–Kier alpha value is -0.810. The lowest BCUT2D eigenvalue weighted by Crippen LogP contribution is -2.47. The molecule has 1 N–H and O–H groups in total. The summed E-state index contributed by atoms with van der Waals surface area (Å²) in [4.78, 5) is 14.1. The molecule has 1 fully saturated rings. The second-order valence-corrected chi connectivity index (χ2v) is 5.59. The van der Waals surface area contributed by atoms with E-state index in [1.807, 2.05) is 6.07 Å². The van der Waals surface area contributed by atoms with Crippen molar-refractivity contribution in [3.63, 3.8) is 0 Å². The molecule has 0 saturated carbocycles. The minimum absolute atomic E-state index is 0.0576. The Labute approximate surface area is 129 Å². The van der Waals surface area contributed by atoms with Crippen molar-refractivity contribution >= 4 is 34.8 Å². The highest BCUT2D eigenvalue weighted by Gasteiger charge is 2.26. The van der Waals surface area contributed by atoms with E-state index < -0.39 is 0 Å². The largest absolute Gasteiger partial charge is 0.375 e. The van der Waals surface area contributed by atoms with Crippen LogP contribution >= 0.6 is 23.2 Å². The molecule has 2 rings (SSSR count). The van der Waals surface area contributed by atoms with Gasteiger partial charge in [-0.15, -0.1) is 0 Å². The SMILES string of the molecule is COCC(=O)N(c1ccc(Cl)c(Cl)c1)C1CCNCC1. The predicted molar refractivity (Wildman–Crippen MR) is 81.7 cm³/mol. The van der Waals surface area contributed by atoms with Crippen molar-refractivity contribution in [2.45, 2.75) is 18.9 Å². The van der Waals surface area contributed by atoms with Crippen molar-refractivity contribution in [1.82, 2.24) is 5.32 Å². The highest BCUT2D eigenvalue weighted by Crippen LogP contribution is 2.29. The zero-order valence-electron chi connectivity index (χ0n) is 11.4. The van der Waals surface area contributed by atoms with Crippen LogP contribution in [0.5, 0.6) is 0 Å². The monoisotopic (exact) mass is 316 g/mol. The van der Waals surface area contributed by atoms with Gasteiger partial charge >= 0.3 is 0 Å². The van der Waals surface area contributed by atoms with E-state index in [9.17, 15) is 4.79 Å². The molecule has 110 valence electrons. The number of carbonyl (C=O) groups excluding carboxylic acids is 1. The number of nitrogens with zero attached hydrogens (tertiary/aromatic N) is 1. The Balaban J connectivity index is 2.28. The fraction of sp³-hybridized carbons (Fsp3) is 0.500. The highest BCUT2D eigenvalue weighted by molar-refractivity contribution is 6.42. The van der Waals surface area contributed by atoms with Crippen LogP contribution in [0, 0.1) is 0 Å². The third-order valence-corrected chi connectivity index (χ3v) is 4.13. The number of carbonyl (C=O) groups is 1. The average Bonchev–Trinajstić information content (AvgIpc) is 2.44. The van der Waals surface area contributed by atoms with Crippen molar-refractivity contribution in [1.29, 1.82) is 0 Å². The van der Waals surface area contributed by atoms with Crippen LogP contribution in [0.15, 0.2) is 18.2 Å². The quantitative estimate of drug-likeness (QED) is 0.928. The van der Waals surface area contributed by atoms with Gasteiger partial charge in [-0.1, -0.05) is 23.2 Å². The van der Waals surface area contributed by atoms with E-state index in [2.05, 4.69) is 5.32 Å². The van der Waals surface area contributed by atoms with Gasteiger partial charge in [-0.2, -0.15) is 0 Å². The van der Waals surface area contributed by atoms with E-state index in [0.717, 1.165) is 31.6 Å². The molecule has 1 aromatic carbocycles. The lowest BCUT2D eigenvalue weighted by atomic mass is 10.0. The molecule has 1 aliphatic heterocycles. The van der Waals surface area contributed by atoms with Gasteiger partial charge in [-0.05, 0) is 44.1 Å². The molecular weight excluding hydrogens is 299 g/mol. The molecule has 0 aromatic heterocycles. The first-order valence-electron chi connectivity index (χ1n) is 6.60. The van der Waals surface area contributed by atoms with Gasteiger partial charge in [-0.3, -0.25) is 4.79 Å². The normalized spacial score (nSPS) is 16.1. The minimum atomic E-state index is -0.0576. The average molecular weight is 317 g/mol. The molecule has 0 atom stereocenters. The van der Waals surface area contributed by atoms with Gasteiger partial charge in [0, 0.05) is 18.8 Å². The van der Waals surface area contributed by atoms with E-state index >= 15 is 0 Å². The van der Waals surface area contributed by atoms with E-state index in [4.69, 9.17) is 27.9 Å². The summed E-state index contributed by atoms with van der Waals surface area (Å²) in [6.45, 7) is 1.87. The van der Waals surface area contributed by atoms with Gasteiger partial charge in [0.1, 0.15) is 6.61 Å². The molecule has 1 saturated heterocycles. The summed E-state index contributed by atoms with van der Waals surface area (Å²) in [5, 5.41) is 4.23. The number of piperidine rings is 1. The summed E-state index contributed by atoms with van der Waals surface area (Å²) in [6.07, 6.45) is 1.82. The zero-order valence-corrected chi connectivity index (χ0v) is 12.9. The van der Waals surface area contributed by atoms with E-state index in [1.54, 1.807) is 17.0 Å². The molecule has 1 aromatic rings. The van der Waals surface area contributed by atoms with Gasteiger partial charge in [-0.25, -0.2) is 0 Å². The van der Waals surface area contributed by atoms with Crippen molar-refractivity contribution in [2.75, 3.05) is 31.7 Å². The van der Waals surface area contributed by atoms with Crippen LogP contribution in [-0.4, -0.2) is 38.8 Å². The molecule has 0 radical (unpaired) electrons. The Kier molecular flexibility index (Phi) is 5.66. The molecule has 1 aliphatic rings. The molecule has 0 unspecified atom stereocenters. The number of hydrogen-bond donors (Lipinski definition) is 1. The Morgan fingerprint density at radius 3 is 2.65 bits per heavy atom. The van der Waals surface area contributed by atoms with Crippen LogP contribution in [0.2, 0.25) is 10.0 Å². The Morgan fingerprint density at radius 1 is 1.35 bits per heavy atom. The molecule has 1 heterocycles. The molecule has 0 bridgehead atoms. The number of amides is 1. The number of methoxy groups -OCH3 is 1. The Morgan fingerprint density at radius 2 is 2.05 bits per heavy atom. The first kappa shape index (κ1) is 15.6. The zero-order chi connectivity index (χ0) is 14.5. The number of rotatable bonds is 4. The Bertz CT molecular complexity index is 476. The second kappa shape index (κ2) is 7.27. The third-order valence-electron chi connectivity index (χ3n) is 3.39. The maximum Gasteiger partial charge on any atom is 0.253 e. The molecule has 1 amide bonds. The van der Waals surface area contributed by atoms with Crippen LogP contribution in [0.4, 0.5) is 5.69 Å². The summed E-state index contributed by atoms with van der Waals surface area (Å²) in [5.74, 6) is -0.0576. The maximum absolute atomic E-state index is 12.3. The van der Waals surface area contributed by atoms with Crippen LogP contribution in [-0.2, 0) is 9.53 Å². The van der Waals surface area contributed by atoms with E-state index in [0.29, 0.717) is 10.0 Å². The highest BCUT2D eigenvalue weighted by atomic mass is 35.5. The summed E-state index contributed by atoms with van der Waals surface area (Å²) in [6, 6.07) is 5.44. The van der Waals surface area contributed by atoms with Crippen molar-refractivity contribution < 1.29 is 9.53 Å². The molecule has 6 heteroatoms. The molecule has 0 aliphatic carbocycles. The smallest absolute Gasteiger partial charge is 0.253 e. The van der Waals surface area contributed by atoms with Gasteiger partial charge < -0.3 is 15.0 Å². The first-order chi connectivity index (χ1) is 9.63. The van der Waals surface area contributed by atoms with Crippen molar-refractivity contribution in [3.05, 3.63) is 28.2 Å². The van der Waals surface area contributed by atoms with Crippen LogP contribution in [0.3, 0.4) is 0 Å². The number of halogens is 2. The van der Waals surface area contributed by atoms with Gasteiger partial charge in [0.2, 0.25) is 0 Å². The first-order valence-corrected chi connectivity index (χ1v) is 7.36. The van der Waals surface area contributed by atoms with Gasteiger partial charge in [0.25, 0.3) is 5.91 Å². The maximum atomic E-state index is 12.3. The van der Waals surface area contributed by atoms with Gasteiger partial charge in [0.05, 0.1) is 10.0 Å². The minimum Gasteiger partial charge on any atom is -0.375 e. The fourth-order valence-electron chi connectivity index (χ4n) is 2.45. The second-order valence-electron chi connectivity index (χ2n) is 4.78. The van der Waals surface area contributed by atoms with Crippen LogP contribution in [0.25, 0.3) is 0 Å². The topological polar surface area (TPSA) is 41.6 Å². The van der Waals surface area contributed by atoms with E-state index in [1.165, 1.54) is 7.11 Å². The fourth-order valence-corrected chi connectivity index (χ4v) is 2.74. The lowest BCUT2D eigenvalue weighted by Gasteiger charge is -2.34. The van der Waals surface area contributed by atoms with Crippen LogP contribution < -0.4 is 10.2 Å². The number of hydrogen-bond acceptors (Lipinski definition) is 3. The van der Waals surface area contributed by atoms with Crippen molar-refractivity contribution in [3.8, 4) is 0 Å². The molecular formula is C14H18Cl2N2O2. The van der Waals surface area contributed by atoms with E-state index in [-0.39, 0.29) is 18.6 Å². The van der Waals surface area contributed by atoms with Gasteiger partial charge in [0.15, 0.2) is 0 Å². The summed E-state index contributed by atoms with van der Waals surface area (Å²) in [5.41, 5.74) is 0.772. The van der Waals surface area contributed by atoms with Crippen LogP contribution in [0.1, 0.15) is 12.8 Å². The number of benzene rings is 1. The predicted octanol–water partition coefficient (Wildman–Crippen LogP) is 2.72.